The zero-order chi connectivity index (χ0) is 35.9. The second-order valence-electron chi connectivity index (χ2n) is 12.3. The van der Waals surface area contributed by atoms with Crippen LogP contribution in [0, 0.1) is 11.8 Å². The van der Waals surface area contributed by atoms with Crippen LogP contribution in [-0.2, 0) is 19.2 Å². The molecule has 0 aromatic carbocycles. The molecule has 5 amide bonds. The van der Waals surface area contributed by atoms with Crippen molar-refractivity contribution in [2.24, 2.45) is 11.8 Å². The fraction of sp³-hybridized carbons (Fsp3) is 0.706. The number of carbonyl (C=O) groups excluding carboxylic acids is 5. The van der Waals surface area contributed by atoms with Gasteiger partial charge in [0.05, 0.1) is 18.7 Å². The Morgan fingerprint density at radius 1 is 0.851 bits per heavy atom. The number of likely N-dealkylation sites (N-methyl/N-ethyl adjacent to an activating group) is 2. The van der Waals surface area contributed by atoms with Crippen molar-refractivity contribution in [3.05, 3.63) is 30.1 Å². The molecule has 0 radical (unpaired) electrons. The van der Waals surface area contributed by atoms with Gasteiger partial charge in [0.15, 0.2) is 0 Å². The van der Waals surface area contributed by atoms with Crippen LogP contribution in [0.25, 0.3) is 0 Å². The van der Waals surface area contributed by atoms with Crippen LogP contribution in [0.1, 0.15) is 97.9 Å². The van der Waals surface area contributed by atoms with Gasteiger partial charge in [0.2, 0.25) is 36.0 Å². The Bertz CT molecular complexity index is 1080. The molecule has 0 saturated carbocycles. The van der Waals surface area contributed by atoms with Crippen LogP contribution in [0.4, 0.5) is 0 Å². The lowest BCUT2D eigenvalue weighted by atomic mass is 10.0. The van der Waals surface area contributed by atoms with Crippen LogP contribution in [0.15, 0.2) is 24.5 Å². The molecule has 1 rings (SSSR count). The zero-order valence-electron chi connectivity index (χ0n) is 30.4. The molecule has 3 atom stereocenters. The van der Waals surface area contributed by atoms with Crippen LogP contribution >= 0.6 is 0 Å². The Morgan fingerprint density at radius 2 is 1.47 bits per heavy atom. The lowest BCUT2D eigenvalue weighted by molar-refractivity contribution is -0.885. The van der Waals surface area contributed by atoms with Crippen molar-refractivity contribution in [2.45, 2.75) is 106 Å². The molecule has 5 N–H and O–H groups in total. The van der Waals surface area contributed by atoms with Crippen molar-refractivity contribution in [3.63, 3.8) is 0 Å². The highest BCUT2D eigenvalue weighted by molar-refractivity contribution is 5.97. The van der Waals surface area contributed by atoms with Crippen molar-refractivity contribution >= 4 is 29.5 Å². The highest BCUT2D eigenvalue weighted by atomic mass is 16.6. The number of carbonyl (C=O) groups is 5. The second kappa shape index (κ2) is 24.4. The van der Waals surface area contributed by atoms with Gasteiger partial charge in [0.25, 0.3) is 5.91 Å². The summed E-state index contributed by atoms with van der Waals surface area (Å²) in [5.74, 6) is -1.47. The topological polar surface area (TPSA) is 162 Å². The second-order valence-corrected chi connectivity index (χ2v) is 12.3. The van der Waals surface area contributed by atoms with Gasteiger partial charge in [-0.05, 0) is 31.6 Å². The minimum atomic E-state index is -0.728. The minimum absolute atomic E-state index is 0.0174. The van der Waals surface area contributed by atoms with Gasteiger partial charge in [-0.25, -0.2) is 0 Å². The van der Waals surface area contributed by atoms with E-state index in [9.17, 15) is 24.0 Å². The number of hydrogen-bond acceptors (Lipinski definition) is 7. The average Bonchev–Trinajstić information content (AvgIpc) is 3.04. The summed E-state index contributed by atoms with van der Waals surface area (Å²) >= 11 is 0. The first-order chi connectivity index (χ1) is 22.2. The number of unbranched alkanes of at least 4 members (excludes halogenated alkanes) is 1. The van der Waals surface area contributed by atoms with E-state index in [-0.39, 0.29) is 48.7 Å². The Labute approximate surface area is 282 Å². The van der Waals surface area contributed by atoms with E-state index < -0.39 is 23.9 Å². The van der Waals surface area contributed by atoms with Gasteiger partial charge in [-0.15, -0.1) is 0 Å². The molecule has 1 aromatic rings. The van der Waals surface area contributed by atoms with E-state index in [0.29, 0.717) is 37.9 Å². The molecule has 1 aromatic heterocycles. The molecule has 268 valence electrons. The van der Waals surface area contributed by atoms with E-state index >= 15 is 0 Å². The van der Waals surface area contributed by atoms with E-state index in [1.165, 1.54) is 29.6 Å². The first kappa shape index (κ1) is 43.3. The SMILES string of the molecule is CCCC.CCCC(C(=O)NC(CNCC(=O)NC(C(=O)NCC)C(C)C)CC(C)C)N(C)C(=O)CNC(=O)c1cc[n+](OC)cc1. The van der Waals surface area contributed by atoms with Gasteiger partial charge >= 0.3 is 0 Å². The molecule has 1 heterocycles. The van der Waals surface area contributed by atoms with Crippen molar-refractivity contribution < 1.29 is 33.5 Å². The van der Waals surface area contributed by atoms with Gasteiger partial charge in [-0.1, -0.05) is 67.7 Å². The number of nitrogens with zero attached hydrogens (tertiary/aromatic N) is 2. The molecule has 0 spiro atoms. The molecule has 0 saturated heterocycles. The molecule has 0 aliphatic rings. The number of aromatic nitrogens is 1. The standard InChI is InChI=1S/C30H51N7O6.C4H10/c1-9-11-24(36(7)26(39)19-33-28(40)22-12-14-37(43-8)15-13-22)29(41)34-23(16-20(3)4)17-31-18-25(38)35-27(21(5)6)30(42)32-10-2;1-3-4-2/h12-15,20-21,23-24,27,31H,9-11,16-19H2,1-8H3,(H3-,32,33,34,35,38,40,41,42);3-4H2,1-2H3/p+1. The fourth-order valence-corrected chi connectivity index (χ4v) is 4.48. The van der Waals surface area contributed by atoms with E-state index in [2.05, 4.69) is 40.4 Å². The molecule has 0 aliphatic carbocycles. The Kier molecular flexibility index (Phi) is 22.5. The maximum absolute atomic E-state index is 13.4. The summed E-state index contributed by atoms with van der Waals surface area (Å²) in [5.41, 5.74) is 0.369. The predicted octanol–water partition coefficient (Wildman–Crippen LogP) is 1.59. The van der Waals surface area contributed by atoms with Gasteiger partial charge in [0, 0.05) is 43.0 Å². The van der Waals surface area contributed by atoms with E-state index in [0.717, 1.165) is 0 Å². The molecule has 47 heavy (non-hydrogen) atoms. The van der Waals surface area contributed by atoms with Crippen molar-refractivity contribution in [1.29, 1.82) is 0 Å². The Hall–Kier alpha value is -3.74. The fourth-order valence-electron chi connectivity index (χ4n) is 4.48. The van der Waals surface area contributed by atoms with Crippen LogP contribution in [0.2, 0.25) is 0 Å². The Morgan fingerprint density at radius 3 is 1.96 bits per heavy atom. The maximum Gasteiger partial charge on any atom is 0.252 e. The van der Waals surface area contributed by atoms with Gasteiger partial charge in [-0.2, -0.15) is 0 Å². The van der Waals surface area contributed by atoms with Crippen LogP contribution in [0.5, 0.6) is 0 Å². The van der Waals surface area contributed by atoms with E-state index in [1.54, 1.807) is 31.6 Å². The van der Waals surface area contributed by atoms with Crippen molar-refractivity contribution in [3.8, 4) is 0 Å². The third kappa shape index (κ3) is 17.7. The van der Waals surface area contributed by atoms with E-state index in [4.69, 9.17) is 4.84 Å². The average molecular weight is 665 g/mol. The summed E-state index contributed by atoms with van der Waals surface area (Å²) in [6.07, 6.45) is 7.56. The van der Waals surface area contributed by atoms with E-state index in [1.807, 2.05) is 41.5 Å². The summed E-state index contributed by atoms with van der Waals surface area (Å²) in [7, 11) is 3.05. The molecule has 0 aliphatic heterocycles. The predicted molar refractivity (Wildman–Crippen MR) is 183 cm³/mol. The smallest absolute Gasteiger partial charge is 0.252 e. The van der Waals surface area contributed by atoms with Gasteiger partial charge in [-0.3, -0.25) is 28.8 Å². The first-order valence-corrected chi connectivity index (χ1v) is 16.9. The molecular formula is C34H62N7O6+. The number of hydrogen-bond donors (Lipinski definition) is 5. The van der Waals surface area contributed by atoms with Gasteiger partial charge in [0.1, 0.15) is 19.2 Å². The summed E-state index contributed by atoms with van der Waals surface area (Å²) in [6, 6.07) is 1.48. The lowest BCUT2D eigenvalue weighted by Crippen LogP contribution is -2.55. The molecular weight excluding hydrogens is 602 g/mol. The number of rotatable bonds is 20. The number of amides is 5. The third-order valence-electron chi connectivity index (χ3n) is 7.30. The summed E-state index contributed by atoms with van der Waals surface area (Å²) in [6.45, 7) is 16.4. The molecule has 3 unspecified atom stereocenters. The lowest BCUT2D eigenvalue weighted by Gasteiger charge is -2.30. The van der Waals surface area contributed by atoms with Crippen LogP contribution in [-0.4, -0.2) is 92.9 Å². The maximum atomic E-state index is 13.4. The minimum Gasteiger partial charge on any atom is -0.355 e. The summed E-state index contributed by atoms with van der Waals surface area (Å²) in [4.78, 5) is 70.0. The monoisotopic (exact) mass is 664 g/mol. The van der Waals surface area contributed by atoms with Gasteiger partial charge < -0.3 is 31.5 Å². The van der Waals surface area contributed by atoms with Crippen molar-refractivity contribution in [1.82, 2.24) is 31.5 Å². The van der Waals surface area contributed by atoms with Crippen LogP contribution in [0.3, 0.4) is 0 Å². The molecule has 0 bridgehead atoms. The third-order valence-corrected chi connectivity index (χ3v) is 7.30. The number of pyridine rings is 1. The number of nitrogens with one attached hydrogen (secondary N) is 5. The first-order valence-electron chi connectivity index (χ1n) is 16.9. The molecule has 13 nitrogen and oxygen atoms in total. The highest BCUT2D eigenvalue weighted by Gasteiger charge is 2.29. The Balaban J connectivity index is 0.00000498. The quantitative estimate of drug-likeness (QED) is 0.132. The largest absolute Gasteiger partial charge is 0.355 e. The molecule has 13 heteroatoms. The van der Waals surface area contributed by atoms with Crippen LogP contribution < -0.4 is 36.2 Å². The normalized spacial score (nSPS) is 12.6. The summed E-state index contributed by atoms with van der Waals surface area (Å²) in [5, 5.41) is 14.3. The van der Waals surface area contributed by atoms with Crippen molar-refractivity contribution in [2.75, 3.05) is 40.3 Å². The highest BCUT2D eigenvalue weighted by Crippen LogP contribution is 2.10. The molecule has 0 fully saturated rings. The summed E-state index contributed by atoms with van der Waals surface area (Å²) < 4.78 is 1.43. The zero-order valence-corrected chi connectivity index (χ0v) is 30.4.